The largest absolute Gasteiger partial charge is 0.489 e. The number of carbonyl (C=O) groups excluding carboxylic acids is 3. The van der Waals surface area contributed by atoms with E-state index in [-0.39, 0.29) is 18.8 Å². The maximum atomic E-state index is 13.2. The highest BCUT2D eigenvalue weighted by Crippen LogP contribution is 2.17. The van der Waals surface area contributed by atoms with Crippen LogP contribution < -0.4 is 15.4 Å². The van der Waals surface area contributed by atoms with E-state index in [2.05, 4.69) is 15.4 Å². The Hall–Kier alpha value is -3.42. The molecule has 8 heteroatoms. The molecule has 0 saturated heterocycles. The number of esters is 1. The van der Waals surface area contributed by atoms with Gasteiger partial charge in [-0.2, -0.15) is 0 Å². The van der Waals surface area contributed by atoms with Gasteiger partial charge in [-0.05, 0) is 42.0 Å². The van der Waals surface area contributed by atoms with E-state index >= 15 is 0 Å². The third-order valence-electron chi connectivity index (χ3n) is 3.69. The summed E-state index contributed by atoms with van der Waals surface area (Å²) >= 11 is 0. The summed E-state index contributed by atoms with van der Waals surface area (Å²) in [5, 5.41) is 5.00. The van der Waals surface area contributed by atoms with E-state index in [0.29, 0.717) is 17.0 Å². The molecular formula is C20H21FN2O5. The van der Waals surface area contributed by atoms with Crippen molar-refractivity contribution in [1.82, 2.24) is 5.32 Å². The Morgan fingerprint density at radius 2 is 1.82 bits per heavy atom. The fourth-order valence-corrected chi connectivity index (χ4v) is 2.41. The van der Waals surface area contributed by atoms with Crippen LogP contribution in [-0.4, -0.2) is 30.9 Å². The number of anilines is 1. The van der Waals surface area contributed by atoms with Crippen molar-refractivity contribution in [3.05, 3.63) is 59.9 Å². The van der Waals surface area contributed by atoms with Crippen LogP contribution in [0.15, 0.2) is 48.5 Å². The SMILES string of the molecule is COC(=O)[C@H](CC(=O)Nc1ccc(OCc2cccc(F)c2)cc1)NC(C)=O. The summed E-state index contributed by atoms with van der Waals surface area (Å²) in [5.41, 5.74) is 1.19. The molecule has 0 heterocycles. The topological polar surface area (TPSA) is 93.7 Å². The van der Waals surface area contributed by atoms with E-state index in [1.54, 1.807) is 36.4 Å². The normalized spacial score (nSPS) is 11.2. The lowest BCUT2D eigenvalue weighted by Gasteiger charge is -2.15. The van der Waals surface area contributed by atoms with Gasteiger partial charge < -0.3 is 20.1 Å². The first-order valence-electron chi connectivity index (χ1n) is 8.49. The molecule has 0 saturated carbocycles. The molecule has 2 rings (SSSR count). The maximum Gasteiger partial charge on any atom is 0.328 e. The minimum atomic E-state index is -1.06. The molecule has 28 heavy (non-hydrogen) atoms. The molecule has 0 aromatic heterocycles. The van der Waals surface area contributed by atoms with Gasteiger partial charge in [-0.3, -0.25) is 9.59 Å². The Morgan fingerprint density at radius 1 is 1.11 bits per heavy atom. The molecule has 1 atom stereocenters. The van der Waals surface area contributed by atoms with Gasteiger partial charge in [0.25, 0.3) is 0 Å². The van der Waals surface area contributed by atoms with Gasteiger partial charge in [-0.25, -0.2) is 9.18 Å². The molecule has 2 aromatic carbocycles. The van der Waals surface area contributed by atoms with Gasteiger partial charge >= 0.3 is 5.97 Å². The molecule has 7 nitrogen and oxygen atoms in total. The molecule has 0 fully saturated rings. The van der Waals surface area contributed by atoms with Crippen molar-refractivity contribution in [2.24, 2.45) is 0 Å². The predicted octanol–water partition coefficient (Wildman–Crippen LogP) is 2.41. The Kier molecular flexibility index (Phi) is 7.50. The monoisotopic (exact) mass is 388 g/mol. The predicted molar refractivity (Wildman–Crippen MR) is 100 cm³/mol. The van der Waals surface area contributed by atoms with Crippen molar-refractivity contribution >= 4 is 23.5 Å². The van der Waals surface area contributed by atoms with Crippen LogP contribution in [0.5, 0.6) is 5.75 Å². The van der Waals surface area contributed by atoms with Crippen molar-refractivity contribution in [2.75, 3.05) is 12.4 Å². The molecule has 0 bridgehead atoms. The van der Waals surface area contributed by atoms with Crippen LogP contribution in [-0.2, 0) is 25.7 Å². The van der Waals surface area contributed by atoms with Crippen molar-refractivity contribution in [3.63, 3.8) is 0 Å². The summed E-state index contributed by atoms with van der Waals surface area (Å²) in [6, 6.07) is 11.6. The van der Waals surface area contributed by atoms with E-state index in [1.165, 1.54) is 26.2 Å². The second kappa shape index (κ2) is 10.1. The summed E-state index contributed by atoms with van der Waals surface area (Å²) < 4.78 is 23.3. The number of hydrogen-bond donors (Lipinski definition) is 2. The molecule has 148 valence electrons. The molecule has 0 aliphatic carbocycles. The van der Waals surface area contributed by atoms with Gasteiger partial charge in [-0.15, -0.1) is 0 Å². The fraction of sp³-hybridized carbons (Fsp3) is 0.250. The van der Waals surface area contributed by atoms with Crippen molar-refractivity contribution in [1.29, 1.82) is 0 Å². The second-order valence-corrected chi connectivity index (χ2v) is 5.97. The average molecular weight is 388 g/mol. The standard InChI is InChI=1S/C20H21FN2O5/c1-13(24)22-18(20(26)27-2)11-19(25)23-16-6-8-17(9-7-16)28-12-14-4-3-5-15(21)10-14/h3-10,18H,11-12H2,1-2H3,(H,22,24)(H,23,25)/t18-/m0/s1. The minimum absolute atomic E-state index is 0.209. The first kappa shape index (κ1) is 20.9. The quantitative estimate of drug-likeness (QED) is 0.678. The Bertz CT molecular complexity index is 839. The third-order valence-corrected chi connectivity index (χ3v) is 3.69. The summed E-state index contributed by atoms with van der Waals surface area (Å²) in [6.45, 7) is 1.46. The van der Waals surface area contributed by atoms with Crippen LogP contribution >= 0.6 is 0 Å². The first-order valence-corrected chi connectivity index (χ1v) is 8.49. The summed E-state index contributed by atoms with van der Waals surface area (Å²) in [4.78, 5) is 34.9. The summed E-state index contributed by atoms with van der Waals surface area (Å²) in [6.07, 6.45) is -0.260. The molecule has 0 aliphatic rings. The first-order chi connectivity index (χ1) is 13.4. The lowest BCUT2D eigenvalue weighted by Crippen LogP contribution is -2.42. The van der Waals surface area contributed by atoms with Crippen molar-refractivity contribution in [2.45, 2.75) is 26.0 Å². The minimum Gasteiger partial charge on any atom is -0.489 e. The molecular weight excluding hydrogens is 367 g/mol. The van der Waals surface area contributed by atoms with E-state index < -0.39 is 23.8 Å². The van der Waals surface area contributed by atoms with Gasteiger partial charge in [0, 0.05) is 12.6 Å². The molecule has 2 amide bonds. The number of halogens is 1. The number of rotatable bonds is 8. The van der Waals surface area contributed by atoms with E-state index in [1.807, 2.05) is 0 Å². The van der Waals surface area contributed by atoms with Crippen LogP contribution in [0, 0.1) is 5.82 Å². The Balaban J connectivity index is 1.89. The highest BCUT2D eigenvalue weighted by Gasteiger charge is 2.23. The van der Waals surface area contributed by atoms with Gasteiger partial charge in [0.1, 0.15) is 24.2 Å². The number of nitrogens with one attached hydrogen (secondary N) is 2. The number of carbonyl (C=O) groups is 3. The Labute approximate surface area is 161 Å². The summed E-state index contributed by atoms with van der Waals surface area (Å²) in [5.74, 6) is -1.39. The Morgan fingerprint density at radius 3 is 2.43 bits per heavy atom. The maximum absolute atomic E-state index is 13.2. The molecule has 2 aromatic rings. The number of ether oxygens (including phenoxy) is 2. The molecule has 0 radical (unpaired) electrons. The number of benzene rings is 2. The zero-order valence-corrected chi connectivity index (χ0v) is 15.5. The average Bonchev–Trinajstić information content (AvgIpc) is 2.66. The van der Waals surface area contributed by atoms with Crippen LogP contribution in [0.3, 0.4) is 0 Å². The van der Waals surface area contributed by atoms with Crippen LogP contribution in [0.4, 0.5) is 10.1 Å². The molecule has 0 unspecified atom stereocenters. The van der Waals surface area contributed by atoms with Crippen LogP contribution in [0.25, 0.3) is 0 Å². The van der Waals surface area contributed by atoms with Gasteiger partial charge in [-0.1, -0.05) is 12.1 Å². The van der Waals surface area contributed by atoms with Crippen LogP contribution in [0.1, 0.15) is 18.9 Å². The van der Waals surface area contributed by atoms with Crippen molar-refractivity contribution in [3.8, 4) is 5.75 Å². The summed E-state index contributed by atoms with van der Waals surface area (Å²) in [7, 11) is 1.18. The van der Waals surface area contributed by atoms with E-state index in [0.717, 1.165) is 0 Å². The molecule has 0 spiro atoms. The number of hydrogen-bond acceptors (Lipinski definition) is 5. The third kappa shape index (κ3) is 6.71. The number of amides is 2. The lowest BCUT2D eigenvalue weighted by molar-refractivity contribution is -0.146. The van der Waals surface area contributed by atoms with Gasteiger partial charge in [0.15, 0.2) is 0 Å². The zero-order chi connectivity index (χ0) is 20.5. The second-order valence-electron chi connectivity index (χ2n) is 5.97. The highest BCUT2D eigenvalue weighted by molar-refractivity contribution is 5.95. The molecule has 2 N–H and O–H groups in total. The van der Waals surface area contributed by atoms with Crippen LogP contribution in [0.2, 0.25) is 0 Å². The smallest absolute Gasteiger partial charge is 0.328 e. The lowest BCUT2D eigenvalue weighted by atomic mass is 10.2. The van der Waals surface area contributed by atoms with Crippen molar-refractivity contribution < 1.29 is 28.2 Å². The van der Waals surface area contributed by atoms with E-state index in [4.69, 9.17) is 4.74 Å². The highest BCUT2D eigenvalue weighted by atomic mass is 19.1. The van der Waals surface area contributed by atoms with E-state index in [9.17, 15) is 18.8 Å². The van der Waals surface area contributed by atoms with Gasteiger partial charge in [0.2, 0.25) is 11.8 Å². The van der Waals surface area contributed by atoms with Gasteiger partial charge in [0.05, 0.1) is 13.5 Å². The fourth-order valence-electron chi connectivity index (χ4n) is 2.41. The molecule has 0 aliphatic heterocycles. The number of methoxy groups -OCH3 is 1. The zero-order valence-electron chi connectivity index (χ0n) is 15.5.